The predicted octanol–water partition coefficient (Wildman–Crippen LogP) is -1.73. The van der Waals surface area contributed by atoms with Crippen LogP contribution in [0.15, 0.2) is 0 Å². The van der Waals surface area contributed by atoms with E-state index in [0.717, 1.165) is 32.4 Å². The summed E-state index contributed by atoms with van der Waals surface area (Å²) < 4.78 is 5.49. The average molecular weight is 247 g/mol. The molecule has 17 heavy (non-hydrogen) atoms. The van der Waals surface area contributed by atoms with Crippen LogP contribution in [0.25, 0.3) is 0 Å². The summed E-state index contributed by atoms with van der Waals surface area (Å²) in [5.41, 5.74) is 0. The molecular formula is C11H21NO5. The zero-order chi connectivity index (χ0) is 12.4. The highest BCUT2D eigenvalue weighted by Gasteiger charge is 2.45. The van der Waals surface area contributed by atoms with Crippen molar-refractivity contribution in [3.8, 4) is 0 Å². The minimum atomic E-state index is -1.27. The van der Waals surface area contributed by atoms with E-state index in [1.165, 1.54) is 0 Å². The van der Waals surface area contributed by atoms with Crippen LogP contribution in [0.4, 0.5) is 0 Å². The molecule has 0 aromatic rings. The fourth-order valence-corrected chi connectivity index (χ4v) is 2.56. The Kier molecular flexibility index (Phi) is 4.35. The molecule has 0 aromatic carbocycles. The molecule has 0 amide bonds. The van der Waals surface area contributed by atoms with Gasteiger partial charge in [-0.05, 0) is 12.8 Å². The molecule has 2 aliphatic heterocycles. The van der Waals surface area contributed by atoms with Crippen molar-refractivity contribution in [2.45, 2.75) is 49.9 Å². The minimum Gasteiger partial charge on any atom is -0.394 e. The normalized spacial score (nSPS) is 44.8. The Morgan fingerprint density at radius 3 is 2.18 bits per heavy atom. The SMILES string of the molecule is OC[C@@H]1O[C@H](N2CCCCC2)[C@H](O)[C@H](O)[C@@H]1O. The topological polar surface area (TPSA) is 93.4 Å². The molecule has 0 bridgehead atoms. The number of ether oxygens (including phenoxy) is 1. The maximum atomic E-state index is 9.92. The van der Waals surface area contributed by atoms with E-state index >= 15 is 0 Å². The van der Waals surface area contributed by atoms with Crippen LogP contribution in [0.2, 0.25) is 0 Å². The number of nitrogens with zero attached hydrogens (tertiary/aromatic N) is 1. The number of rotatable bonds is 2. The van der Waals surface area contributed by atoms with E-state index in [1.54, 1.807) is 0 Å². The highest BCUT2D eigenvalue weighted by atomic mass is 16.6. The van der Waals surface area contributed by atoms with Gasteiger partial charge in [-0.1, -0.05) is 6.42 Å². The lowest BCUT2D eigenvalue weighted by Gasteiger charge is -2.45. The van der Waals surface area contributed by atoms with Crippen LogP contribution in [-0.4, -0.2) is 75.7 Å². The number of hydrogen-bond acceptors (Lipinski definition) is 6. The molecule has 2 rings (SSSR count). The van der Waals surface area contributed by atoms with Gasteiger partial charge in [0.25, 0.3) is 0 Å². The highest BCUT2D eigenvalue weighted by molar-refractivity contribution is 4.92. The zero-order valence-corrected chi connectivity index (χ0v) is 9.77. The standard InChI is InChI=1S/C11H21NO5/c13-6-7-8(14)9(15)10(16)11(17-7)12-4-2-1-3-5-12/h7-11,13-16H,1-6H2/t7-,8+,9+,10+,11-/m0/s1. The van der Waals surface area contributed by atoms with Gasteiger partial charge in [-0.2, -0.15) is 0 Å². The molecule has 6 heteroatoms. The largest absolute Gasteiger partial charge is 0.394 e. The van der Waals surface area contributed by atoms with E-state index in [2.05, 4.69) is 0 Å². The maximum Gasteiger partial charge on any atom is 0.140 e. The van der Waals surface area contributed by atoms with Gasteiger partial charge in [0, 0.05) is 13.1 Å². The molecule has 2 fully saturated rings. The highest BCUT2D eigenvalue weighted by Crippen LogP contribution is 2.25. The monoisotopic (exact) mass is 247 g/mol. The van der Waals surface area contributed by atoms with Gasteiger partial charge in [-0.25, -0.2) is 0 Å². The summed E-state index contributed by atoms with van der Waals surface area (Å²) in [4.78, 5) is 1.96. The Labute approximate surface area is 100 Å². The quantitative estimate of drug-likeness (QED) is 0.463. The summed E-state index contributed by atoms with van der Waals surface area (Å²) in [5.74, 6) is 0. The van der Waals surface area contributed by atoms with Gasteiger partial charge < -0.3 is 25.2 Å². The molecule has 100 valence electrons. The van der Waals surface area contributed by atoms with Crippen molar-refractivity contribution >= 4 is 0 Å². The van der Waals surface area contributed by atoms with Crippen LogP contribution in [0.1, 0.15) is 19.3 Å². The van der Waals surface area contributed by atoms with E-state index in [-0.39, 0.29) is 6.61 Å². The van der Waals surface area contributed by atoms with Crippen molar-refractivity contribution < 1.29 is 25.2 Å². The van der Waals surface area contributed by atoms with Crippen LogP contribution in [0.3, 0.4) is 0 Å². The van der Waals surface area contributed by atoms with Crippen LogP contribution < -0.4 is 0 Å². The van der Waals surface area contributed by atoms with Gasteiger partial charge >= 0.3 is 0 Å². The first-order chi connectivity index (χ1) is 8.15. The third-order valence-corrected chi connectivity index (χ3v) is 3.62. The molecule has 4 N–H and O–H groups in total. The Balaban J connectivity index is 2.04. The van der Waals surface area contributed by atoms with Crippen LogP contribution in [0, 0.1) is 0 Å². The average Bonchev–Trinajstić information content (AvgIpc) is 2.37. The minimum absolute atomic E-state index is 0.366. The second-order valence-electron chi connectivity index (χ2n) is 4.82. The second kappa shape index (κ2) is 5.60. The lowest BCUT2D eigenvalue weighted by Crippen LogP contribution is -2.63. The van der Waals surface area contributed by atoms with Crippen molar-refractivity contribution in [2.75, 3.05) is 19.7 Å². The Bertz CT molecular complexity index is 242. The first kappa shape index (κ1) is 13.2. The van der Waals surface area contributed by atoms with E-state index in [9.17, 15) is 15.3 Å². The van der Waals surface area contributed by atoms with Crippen molar-refractivity contribution in [2.24, 2.45) is 0 Å². The molecule has 2 saturated heterocycles. The fourth-order valence-electron chi connectivity index (χ4n) is 2.56. The first-order valence-corrected chi connectivity index (χ1v) is 6.19. The van der Waals surface area contributed by atoms with Crippen molar-refractivity contribution in [1.82, 2.24) is 4.90 Å². The van der Waals surface area contributed by atoms with Crippen molar-refractivity contribution in [1.29, 1.82) is 0 Å². The van der Waals surface area contributed by atoms with Gasteiger partial charge in [0.05, 0.1) is 6.61 Å². The number of hydrogen-bond donors (Lipinski definition) is 4. The summed E-state index contributed by atoms with van der Waals surface area (Å²) in [6.45, 7) is 1.25. The lowest BCUT2D eigenvalue weighted by atomic mass is 9.97. The summed E-state index contributed by atoms with van der Waals surface area (Å²) in [5, 5.41) is 38.3. The second-order valence-corrected chi connectivity index (χ2v) is 4.82. The first-order valence-electron chi connectivity index (χ1n) is 6.19. The summed E-state index contributed by atoms with van der Waals surface area (Å²) in [6, 6.07) is 0. The Morgan fingerprint density at radius 1 is 0.941 bits per heavy atom. The number of piperidine rings is 1. The van der Waals surface area contributed by atoms with Crippen molar-refractivity contribution in [3.05, 3.63) is 0 Å². The molecule has 0 radical (unpaired) electrons. The lowest BCUT2D eigenvalue weighted by molar-refractivity contribution is -0.266. The molecule has 0 spiro atoms. The van der Waals surface area contributed by atoms with Crippen molar-refractivity contribution in [3.63, 3.8) is 0 Å². The van der Waals surface area contributed by atoms with Gasteiger partial charge in [0.1, 0.15) is 30.6 Å². The van der Waals surface area contributed by atoms with E-state index in [1.807, 2.05) is 4.90 Å². The van der Waals surface area contributed by atoms with Gasteiger partial charge in [0.15, 0.2) is 0 Å². The van der Waals surface area contributed by atoms with Crippen LogP contribution in [0.5, 0.6) is 0 Å². The van der Waals surface area contributed by atoms with Gasteiger partial charge in [-0.15, -0.1) is 0 Å². The molecule has 0 unspecified atom stereocenters. The molecule has 2 aliphatic rings. The predicted molar refractivity (Wildman–Crippen MR) is 59.2 cm³/mol. The van der Waals surface area contributed by atoms with Gasteiger partial charge in [-0.3, -0.25) is 4.90 Å². The number of aliphatic hydroxyl groups is 4. The molecule has 0 aliphatic carbocycles. The smallest absolute Gasteiger partial charge is 0.140 e. The third-order valence-electron chi connectivity index (χ3n) is 3.62. The number of likely N-dealkylation sites (tertiary alicyclic amines) is 1. The molecular weight excluding hydrogens is 226 g/mol. The van der Waals surface area contributed by atoms with E-state index < -0.39 is 30.6 Å². The maximum absolute atomic E-state index is 9.92. The fraction of sp³-hybridized carbons (Fsp3) is 1.00. The van der Waals surface area contributed by atoms with Crippen LogP contribution >= 0.6 is 0 Å². The molecule has 0 saturated carbocycles. The molecule has 5 atom stereocenters. The Morgan fingerprint density at radius 2 is 1.59 bits per heavy atom. The molecule has 6 nitrogen and oxygen atoms in total. The van der Waals surface area contributed by atoms with E-state index in [0.29, 0.717) is 0 Å². The molecule has 0 aromatic heterocycles. The zero-order valence-electron chi connectivity index (χ0n) is 9.77. The summed E-state index contributed by atoms with van der Waals surface area (Å²) in [7, 11) is 0. The third kappa shape index (κ3) is 2.62. The number of aliphatic hydroxyl groups excluding tert-OH is 4. The summed E-state index contributed by atoms with van der Waals surface area (Å²) in [6.07, 6.45) is -1.88. The summed E-state index contributed by atoms with van der Waals surface area (Å²) >= 11 is 0. The van der Waals surface area contributed by atoms with Crippen LogP contribution in [-0.2, 0) is 4.74 Å². The van der Waals surface area contributed by atoms with E-state index in [4.69, 9.17) is 9.84 Å². The Hall–Kier alpha value is -0.240. The molecule has 2 heterocycles. The van der Waals surface area contributed by atoms with Gasteiger partial charge in [0.2, 0.25) is 0 Å².